The molecule has 1 aliphatic heterocycles. The molecule has 0 aliphatic carbocycles. The number of carbonyl (C=O) groups excluding carboxylic acids is 1. The van der Waals surface area contributed by atoms with Crippen molar-refractivity contribution in [2.24, 2.45) is 0 Å². The summed E-state index contributed by atoms with van der Waals surface area (Å²) in [7, 11) is 0. The van der Waals surface area contributed by atoms with E-state index in [-0.39, 0.29) is 12.5 Å². The smallest absolute Gasteiger partial charge is 0.244 e. The van der Waals surface area contributed by atoms with Crippen LogP contribution < -0.4 is 14.8 Å². The molecule has 1 aliphatic rings. The molecule has 1 amide bonds. The average molecular weight is 323 g/mol. The summed E-state index contributed by atoms with van der Waals surface area (Å²) in [6.45, 7) is 3.26. The minimum absolute atomic E-state index is 0.104. The maximum Gasteiger partial charge on any atom is 0.244 e. The summed E-state index contributed by atoms with van der Waals surface area (Å²) >= 11 is 0. The highest BCUT2D eigenvalue weighted by atomic mass is 16.6. The van der Waals surface area contributed by atoms with Crippen molar-refractivity contribution in [1.29, 1.82) is 0 Å². The highest BCUT2D eigenvalue weighted by molar-refractivity contribution is 5.91. The van der Waals surface area contributed by atoms with Crippen LogP contribution in [0, 0.1) is 6.92 Å². The number of aromatic nitrogens is 2. The molecule has 0 spiro atoms. The summed E-state index contributed by atoms with van der Waals surface area (Å²) in [5.41, 5.74) is 3.56. The van der Waals surface area contributed by atoms with Gasteiger partial charge in [-0.2, -0.15) is 0 Å². The number of rotatable bonds is 3. The molecule has 1 N–H and O–H groups in total. The number of anilines is 1. The predicted molar refractivity (Wildman–Crippen MR) is 90.5 cm³/mol. The molecule has 0 saturated carbocycles. The standard InChI is InChI=1S/C18H17N3O3/c1-12-2-4-13(5-3-12)20-18(22)10-21-11-19-14-8-16-17(9-15(14)21)24-7-6-23-16/h2-5,8-9,11H,6-7,10H2,1H3,(H,20,22). The molecule has 6 nitrogen and oxygen atoms in total. The van der Waals surface area contributed by atoms with Gasteiger partial charge in [-0.05, 0) is 19.1 Å². The van der Waals surface area contributed by atoms with E-state index in [4.69, 9.17) is 9.47 Å². The zero-order chi connectivity index (χ0) is 16.5. The molecule has 122 valence electrons. The monoisotopic (exact) mass is 323 g/mol. The molecule has 0 unspecified atom stereocenters. The Balaban J connectivity index is 1.55. The van der Waals surface area contributed by atoms with Gasteiger partial charge in [0.05, 0.1) is 17.4 Å². The zero-order valence-electron chi connectivity index (χ0n) is 13.3. The Kier molecular flexibility index (Phi) is 3.57. The van der Waals surface area contributed by atoms with Crippen LogP contribution in [0.25, 0.3) is 11.0 Å². The van der Waals surface area contributed by atoms with Crippen molar-refractivity contribution in [3.05, 3.63) is 48.3 Å². The van der Waals surface area contributed by atoms with Crippen LogP contribution in [0.4, 0.5) is 5.69 Å². The first kappa shape index (κ1) is 14.6. The Hall–Kier alpha value is -3.02. The van der Waals surface area contributed by atoms with E-state index in [0.29, 0.717) is 24.7 Å². The largest absolute Gasteiger partial charge is 0.486 e. The molecule has 0 saturated heterocycles. The van der Waals surface area contributed by atoms with Gasteiger partial charge >= 0.3 is 0 Å². The second-order valence-electron chi connectivity index (χ2n) is 5.77. The fourth-order valence-electron chi connectivity index (χ4n) is 2.71. The SMILES string of the molecule is Cc1ccc(NC(=O)Cn2cnc3cc4c(cc32)OCCO4)cc1. The van der Waals surface area contributed by atoms with Crippen molar-refractivity contribution in [3.63, 3.8) is 0 Å². The molecule has 0 bridgehead atoms. The third-order valence-corrected chi connectivity index (χ3v) is 3.93. The van der Waals surface area contributed by atoms with Crippen molar-refractivity contribution in [3.8, 4) is 11.5 Å². The number of carbonyl (C=O) groups is 1. The third-order valence-electron chi connectivity index (χ3n) is 3.93. The van der Waals surface area contributed by atoms with E-state index in [0.717, 1.165) is 22.3 Å². The molecule has 2 aromatic carbocycles. The van der Waals surface area contributed by atoms with Crippen LogP contribution in [0.2, 0.25) is 0 Å². The summed E-state index contributed by atoms with van der Waals surface area (Å²) in [5.74, 6) is 1.28. The van der Waals surface area contributed by atoms with Crippen molar-refractivity contribution in [2.45, 2.75) is 13.5 Å². The number of hydrogen-bond donors (Lipinski definition) is 1. The number of ether oxygens (including phenoxy) is 2. The Morgan fingerprint density at radius 1 is 1.17 bits per heavy atom. The van der Waals surface area contributed by atoms with Crippen molar-refractivity contribution < 1.29 is 14.3 Å². The highest BCUT2D eigenvalue weighted by Crippen LogP contribution is 2.34. The number of nitrogens with zero attached hydrogens (tertiary/aromatic N) is 2. The number of aryl methyl sites for hydroxylation is 1. The van der Waals surface area contributed by atoms with Crippen LogP contribution in [0.1, 0.15) is 5.56 Å². The van der Waals surface area contributed by atoms with E-state index in [1.54, 1.807) is 10.9 Å². The highest BCUT2D eigenvalue weighted by Gasteiger charge is 2.16. The topological polar surface area (TPSA) is 65.4 Å². The summed E-state index contributed by atoms with van der Waals surface area (Å²) in [6.07, 6.45) is 1.66. The van der Waals surface area contributed by atoms with Gasteiger partial charge in [0.25, 0.3) is 0 Å². The fraction of sp³-hybridized carbons (Fsp3) is 0.222. The molecule has 2 heterocycles. The first-order valence-corrected chi connectivity index (χ1v) is 7.80. The number of imidazole rings is 1. The van der Waals surface area contributed by atoms with E-state index < -0.39 is 0 Å². The Labute approximate surface area is 139 Å². The van der Waals surface area contributed by atoms with Gasteiger partial charge in [-0.1, -0.05) is 17.7 Å². The molecule has 0 fully saturated rings. The molecular formula is C18H17N3O3. The summed E-state index contributed by atoms with van der Waals surface area (Å²) in [5, 5.41) is 2.89. The van der Waals surface area contributed by atoms with Gasteiger partial charge in [0.1, 0.15) is 19.8 Å². The lowest BCUT2D eigenvalue weighted by molar-refractivity contribution is -0.116. The second kappa shape index (κ2) is 5.88. The van der Waals surface area contributed by atoms with E-state index in [1.807, 2.05) is 43.3 Å². The molecular weight excluding hydrogens is 306 g/mol. The first-order valence-electron chi connectivity index (χ1n) is 7.80. The molecule has 4 rings (SSSR count). The lowest BCUT2D eigenvalue weighted by atomic mass is 10.2. The van der Waals surface area contributed by atoms with Crippen molar-refractivity contribution >= 4 is 22.6 Å². The molecule has 1 aromatic heterocycles. The van der Waals surface area contributed by atoms with E-state index >= 15 is 0 Å². The number of benzene rings is 2. The van der Waals surface area contributed by atoms with Gasteiger partial charge in [-0.25, -0.2) is 4.98 Å². The normalized spacial score (nSPS) is 13.0. The second-order valence-corrected chi connectivity index (χ2v) is 5.77. The molecule has 24 heavy (non-hydrogen) atoms. The van der Waals surface area contributed by atoms with Gasteiger partial charge in [0, 0.05) is 17.8 Å². The predicted octanol–water partition coefficient (Wildman–Crippen LogP) is 2.75. The summed E-state index contributed by atoms with van der Waals surface area (Å²) < 4.78 is 13.0. The van der Waals surface area contributed by atoms with E-state index in [1.165, 1.54) is 0 Å². The van der Waals surface area contributed by atoms with Gasteiger partial charge in [-0.15, -0.1) is 0 Å². The fourth-order valence-corrected chi connectivity index (χ4v) is 2.71. The van der Waals surface area contributed by atoms with Crippen LogP contribution in [-0.2, 0) is 11.3 Å². The van der Waals surface area contributed by atoms with Gasteiger partial charge < -0.3 is 19.4 Å². The molecule has 6 heteroatoms. The maximum absolute atomic E-state index is 12.3. The van der Waals surface area contributed by atoms with Crippen LogP contribution in [0.15, 0.2) is 42.7 Å². The quantitative estimate of drug-likeness (QED) is 0.805. The molecule has 0 radical (unpaired) electrons. The van der Waals surface area contributed by atoms with Crippen LogP contribution in [0.3, 0.4) is 0 Å². The molecule has 0 atom stereocenters. The van der Waals surface area contributed by atoms with Gasteiger partial charge in [0.2, 0.25) is 5.91 Å². The number of fused-ring (bicyclic) bond motifs is 2. The van der Waals surface area contributed by atoms with Gasteiger partial charge in [0.15, 0.2) is 11.5 Å². The Morgan fingerprint density at radius 2 is 1.88 bits per heavy atom. The lowest BCUT2D eigenvalue weighted by Gasteiger charge is -2.18. The van der Waals surface area contributed by atoms with Crippen molar-refractivity contribution in [1.82, 2.24) is 9.55 Å². The van der Waals surface area contributed by atoms with Crippen molar-refractivity contribution in [2.75, 3.05) is 18.5 Å². The lowest BCUT2D eigenvalue weighted by Crippen LogP contribution is -2.18. The first-order chi connectivity index (χ1) is 11.7. The third kappa shape index (κ3) is 2.78. The van der Waals surface area contributed by atoms with Gasteiger partial charge in [-0.3, -0.25) is 4.79 Å². The minimum atomic E-state index is -0.104. The summed E-state index contributed by atoms with van der Waals surface area (Å²) in [4.78, 5) is 16.6. The van der Waals surface area contributed by atoms with E-state index in [2.05, 4.69) is 10.3 Å². The van der Waals surface area contributed by atoms with E-state index in [9.17, 15) is 4.79 Å². The Morgan fingerprint density at radius 3 is 2.62 bits per heavy atom. The van der Waals surface area contributed by atoms with Crippen LogP contribution in [-0.4, -0.2) is 28.7 Å². The number of hydrogen-bond acceptors (Lipinski definition) is 4. The maximum atomic E-state index is 12.3. The van der Waals surface area contributed by atoms with Crippen LogP contribution in [0.5, 0.6) is 11.5 Å². The Bertz CT molecular complexity index is 900. The summed E-state index contributed by atoms with van der Waals surface area (Å²) in [6, 6.07) is 11.4. The molecule has 3 aromatic rings. The van der Waals surface area contributed by atoms with Crippen LogP contribution >= 0.6 is 0 Å². The zero-order valence-corrected chi connectivity index (χ0v) is 13.3. The average Bonchev–Trinajstić information content (AvgIpc) is 2.97. The number of nitrogens with one attached hydrogen (secondary N) is 1. The minimum Gasteiger partial charge on any atom is -0.486 e. The number of amides is 1.